The molecule has 1 unspecified atom stereocenters. The molecule has 0 heterocycles. The Balaban J connectivity index is 2.51. The van der Waals surface area contributed by atoms with E-state index in [0.29, 0.717) is 19.3 Å². The summed E-state index contributed by atoms with van der Waals surface area (Å²) < 4.78 is 0. The highest BCUT2D eigenvalue weighted by atomic mass is 16.3. The Hall–Kier alpha value is -1.90. The molecule has 22 heavy (non-hydrogen) atoms. The summed E-state index contributed by atoms with van der Waals surface area (Å²) in [5.74, 6) is -0.102. The van der Waals surface area contributed by atoms with Crippen LogP contribution in [0, 0.1) is 20.8 Å². The predicted octanol–water partition coefficient (Wildman–Crippen LogP) is 4.48. The van der Waals surface area contributed by atoms with Gasteiger partial charge in [-0.3, -0.25) is 9.59 Å². The van der Waals surface area contributed by atoms with Crippen LogP contribution in [0.4, 0.5) is 0 Å². The second kappa shape index (κ2) is 6.47. The lowest BCUT2D eigenvalue weighted by Gasteiger charge is -2.25. The van der Waals surface area contributed by atoms with Gasteiger partial charge in [0.2, 0.25) is 0 Å². The number of ketones is 2. The number of aryl methyl sites for hydroxylation is 2. The van der Waals surface area contributed by atoms with Gasteiger partial charge >= 0.3 is 0 Å². The first-order valence-electron chi connectivity index (χ1n) is 7.93. The van der Waals surface area contributed by atoms with Crippen LogP contribution < -0.4 is 0 Å². The van der Waals surface area contributed by atoms with E-state index in [9.17, 15) is 14.7 Å². The molecule has 0 saturated carbocycles. The summed E-state index contributed by atoms with van der Waals surface area (Å²) in [4.78, 5) is 24.2. The number of Topliss-reactive ketones (excluding diaryl/α,β-unsaturated/α-hetero) is 2. The first kappa shape index (κ1) is 16.5. The third-order valence-corrected chi connectivity index (χ3v) is 4.51. The van der Waals surface area contributed by atoms with Gasteiger partial charge in [-0.1, -0.05) is 13.0 Å². The summed E-state index contributed by atoms with van der Waals surface area (Å²) in [6, 6.07) is 2.05. The molecular weight excluding hydrogens is 276 g/mol. The van der Waals surface area contributed by atoms with Crippen molar-refractivity contribution in [3.8, 4) is 0 Å². The first-order valence-corrected chi connectivity index (χ1v) is 7.93. The van der Waals surface area contributed by atoms with Gasteiger partial charge in [0.05, 0.1) is 0 Å². The van der Waals surface area contributed by atoms with Gasteiger partial charge in [-0.15, -0.1) is 0 Å². The number of rotatable bonds is 4. The van der Waals surface area contributed by atoms with Crippen molar-refractivity contribution in [3.63, 3.8) is 0 Å². The Labute approximate surface area is 132 Å². The smallest absolute Gasteiger partial charge is 0.197 e. The molecule has 3 nitrogen and oxygen atoms in total. The molecule has 1 N–H and O–H groups in total. The zero-order valence-corrected chi connectivity index (χ0v) is 13.8. The van der Waals surface area contributed by atoms with Crippen molar-refractivity contribution in [1.82, 2.24) is 0 Å². The second-order valence-corrected chi connectivity index (χ2v) is 6.25. The molecule has 0 spiro atoms. The van der Waals surface area contributed by atoms with Gasteiger partial charge in [-0.2, -0.15) is 0 Å². The van der Waals surface area contributed by atoms with Gasteiger partial charge in [0.1, 0.15) is 0 Å². The van der Waals surface area contributed by atoms with E-state index in [-0.39, 0.29) is 23.2 Å². The molecule has 0 fully saturated rings. The third kappa shape index (κ3) is 2.99. The van der Waals surface area contributed by atoms with E-state index in [0.717, 1.165) is 34.2 Å². The summed E-state index contributed by atoms with van der Waals surface area (Å²) in [6.07, 6.45) is 3.94. The Morgan fingerprint density at radius 1 is 1.27 bits per heavy atom. The van der Waals surface area contributed by atoms with Crippen molar-refractivity contribution in [2.45, 2.75) is 59.3 Å². The van der Waals surface area contributed by atoms with Crippen LogP contribution in [-0.2, 0) is 4.79 Å². The van der Waals surface area contributed by atoms with Crippen molar-refractivity contribution < 1.29 is 14.7 Å². The van der Waals surface area contributed by atoms with Crippen molar-refractivity contribution >= 4 is 11.6 Å². The largest absolute Gasteiger partial charge is 0.505 e. The summed E-state index contributed by atoms with van der Waals surface area (Å²) in [5.41, 5.74) is 5.05. The monoisotopic (exact) mass is 300 g/mol. The SMILES string of the molecule is CCCC(=O)c1c(C)cc(C)c(C2CC=C(O)C(=O)C2)c1C. The molecule has 1 aliphatic carbocycles. The minimum absolute atomic E-state index is 0.0529. The highest BCUT2D eigenvalue weighted by Gasteiger charge is 2.27. The van der Waals surface area contributed by atoms with Gasteiger partial charge in [0, 0.05) is 18.4 Å². The average Bonchev–Trinajstić information content (AvgIpc) is 2.42. The minimum Gasteiger partial charge on any atom is -0.505 e. The molecule has 0 aliphatic heterocycles. The Morgan fingerprint density at radius 3 is 2.55 bits per heavy atom. The normalized spacial score (nSPS) is 18.3. The van der Waals surface area contributed by atoms with Gasteiger partial charge in [-0.25, -0.2) is 0 Å². The van der Waals surface area contributed by atoms with Crippen LogP contribution in [0.2, 0.25) is 0 Å². The molecule has 0 saturated heterocycles. The lowest BCUT2D eigenvalue weighted by molar-refractivity contribution is -0.118. The fourth-order valence-electron chi connectivity index (χ4n) is 3.61. The molecule has 1 atom stereocenters. The molecule has 0 amide bonds. The number of carbonyl (C=O) groups excluding carboxylic acids is 2. The number of carbonyl (C=O) groups is 2. The molecule has 0 aromatic heterocycles. The van der Waals surface area contributed by atoms with Crippen molar-refractivity contribution in [3.05, 3.63) is 45.7 Å². The number of allylic oxidation sites excluding steroid dienone is 2. The van der Waals surface area contributed by atoms with E-state index in [1.807, 2.05) is 33.8 Å². The van der Waals surface area contributed by atoms with Crippen molar-refractivity contribution in [2.24, 2.45) is 0 Å². The summed E-state index contributed by atoms with van der Waals surface area (Å²) in [5, 5.41) is 9.50. The van der Waals surface area contributed by atoms with Crippen LogP contribution in [0.5, 0.6) is 0 Å². The van der Waals surface area contributed by atoms with Crippen molar-refractivity contribution in [2.75, 3.05) is 0 Å². The highest BCUT2D eigenvalue weighted by molar-refractivity contribution is 5.99. The van der Waals surface area contributed by atoms with E-state index in [4.69, 9.17) is 0 Å². The van der Waals surface area contributed by atoms with Crippen LogP contribution in [0.25, 0.3) is 0 Å². The average molecular weight is 300 g/mol. The van der Waals surface area contributed by atoms with E-state index < -0.39 is 0 Å². The number of hydrogen-bond donors (Lipinski definition) is 1. The quantitative estimate of drug-likeness (QED) is 0.834. The second-order valence-electron chi connectivity index (χ2n) is 6.25. The number of hydrogen-bond acceptors (Lipinski definition) is 3. The standard InChI is InChI=1S/C19H24O3/c1-5-6-16(21)19-12(3)9-11(2)18(13(19)4)14-7-8-15(20)17(22)10-14/h8-9,14,20H,5-7,10H2,1-4H3. The molecule has 1 aliphatic rings. The highest BCUT2D eigenvalue weighted by Crippen LogP contribution is 2.36. The van der Waals surface area contributed by atoms with E-state index in [2.05, 4.69) is 0 Å². The lowest BCUT2D eigenvalue weighted by Crippen LogP contribution is -2.18. The molecule has 1 aromatic carbocycles. The van der Waals surface area contributed by atoms with Gasteiger partial charge < -0.3 is 5.11 Å². The van der Waals surface area contributed by atoms with Crippen LogP contribution in [0.15, 0.2) is 17.9 Å². The van der Waals surface area contributed by atoms with E-state index >= 15 is 0 Å². The molecular formula is C19H24O3. The van der Waals surface area contributed by atoms with Gasteiger partial charge in [-0.05, 0) is 67.9 Å². The van der Waals surface area contributed by atoms with Gasteiger partial charge in [0.15, 0.2) is 17.3 Å². The predicted molar refractivity (Wildman–Crippen MR) is 87.6 cm³/mol. The van der Waals surface area contributed by atoms with Crippen LogP contribution in [0.1, 0.15) is 71.1 Å². The van der Waals surface area contributed by atoms with E-state index in [1.165, 1.54) is 0 Å². The third-order valence-electron chi connectivity index (χ3n) is 4.51. The van der Waals surface area contributed by atoms with Crippen LogP contribution in [0.3, 0.4) is 0 Å². The summed E-state index contributed by atoms with van der Waals surface area (Å²) in [6.45, 7) is 8.00. The molecule has 3 heteroatoms. The van der Waals surface area contributed by atoms with Gasteiger partial charge in [0.25, 0.3) is 0 Å². The Morgan fingerprint density at radius 2 is 1.95 bits per heavy atom. The maximum Gasteiger partial charge on any atom is 0.197 e. The zero-order chi connectivity index (χ0) is 16.4. The van der Waals surface area contributed by atoms with E-state index in [1.54, 1.807) is 6.08 Å². The molecule has 118 valence electrons. The first-order chi connectivity index (χ1) is 10.4. The lowest BCUT2D eigenvalue weighted by atomic mass is 9.79. The van der Waals surface area contributed by atoms with Crippen LogP contribution in [-0.4, -0.2) is 16.7 Å². The molecule has 2 rings (SSSR count). The topological polar surface area (TPSA) is 54.4 Å². The zero-order valence-electron chi connectivity index (χ0n) is 13.8. The minimum atomic E-state index is -0.211. The van der Waals surface area contributed by atoms with Crippen LogP contribution >= 0.6 is 0 Å². The Kier molecular flexibility index (Phi) is 4.84. The Bertz CT molecular complexity index is 653. The maximum absolute atomic E-state index is 12.4. The fraction of sp³-hybridized carbons (Fsp3) is 0.474. The molecule has 0 radical (unpaired) electrons. The van der Waals surface area contributed by atoms with Crippen molar-refractivity contribution in [1.29, 1.82) is 0 Å². The number of benzene rings is 1. The molecule has 0 bridgehead atoms. The number of aliphatic hydroxyl groups is 1. The number of aliphatic hydroxyl groups excluding tert-OH is 1. The summed E-state index contributed by atoms with van der Waals surface area (Å²) in [7, 11) is 0. The summed E-state index contributed by atoms with van der Waals surface area (Å²) >= 11 is 0. The molecule has 1 aromatic rings. The maximum atomic E-state index is 12.4. The fourth-order valence-corrected chi connectivity index (χ4v) is 3.61.